The molecule has 11 aromatic rings. The molecule has 3 heterocycles. The summed E-state index contributed by atoms with van der Waals surface area (Å²) >= 11 is 1.81. The van der Waals surface area contributed by atoms with Crippen LogP contribution in [0.5, 0.6) is 0 Å². The lowest BCUT2D eigenvalue weighted by Crippen LogP contribution is -2.00. The molecule has 0 bridgehead atoms. The second kappa shape index (κ2) is 12.3. The van der Waals surface area contributed by atoms with Crippen molar-refractivity contribution in [3.8, 4) is 51.0 Å². The Labute approximate surface area is 315 Å². The summed E-state index contributed by atoms with van der Waals surface area (Å²) in [5, 5.41) is 7.38. The van der Waals surface area contributed by atoms with E-state index in [-0.39, 0.29) is 0 Å². The van der Waals surface area contributed by atoms with Crippen molar-refractivity contribution in [3.63, 3.8) is 0 Å². The van der Waals surface area contributed by atoms with Crippen LogP contribution in [-0.2, 0) is 0 Å². The topological polar surface area (TPSA) is 43.6 Å². The van der Waals surface area contributed by atoms with Crippen LogP contribution >= 0.6 is 11.3 Å². The third-order valence-corrected chi connectivity index (χ3v) is 11.6. The normalized spacial score (nSPS) is 11.7. The number of fused-ring (bicyclic) bond motifs is 8. The zero-order chi connectivity index (χ0) is 35.6. The Balaban J connectivity index is 1.12. The van der Waals surface area contributed by atoms with Gasteiger partial charge < -0.3 is 4.57 Å². The molecule has 3 aromatic heterocycles. The van der Waals surface area contributed by atoms with Crippen LogP contribution < -0.4 is 0 Å². The summed E-state index contributed by atoms with van der Waals surface area (Å²) in [5.41, 5.74) is 8.87. The monoisotopic (exact) mass is 706 g/mol. The first-order valence-electron chi connectivity index (χ1n) is 18.1. The molecule has 252 valence electrons. The molecule has 0 aliphatic rings. The maximum Gasteiger partial charge on any atom is 0.164 e. The van der Waals surface area contributed by atoms with Crippen molar-refractivity contribution >= 4 is 64.1 Å². The molecule has 0 unspecified atom stereocenters. The highest BCUT2D eigenvalue weighted by Gasteiger charge is 2.20. The standard InChI is InChI=1S/C49H30N4S/c1-4-13-31(14-5-1)35-24-27-41-40(29-35)45-37-20-11-10-15-32(37)23-28-42(45)53(41)36-25-26-38-44(30-36)54-43-22-12-21-39(46(38)43)49-51-47(33-16-6-2-7-17-33)50-48(52-49)34-18-8-3-9-19-34/h1-30H. The fourth-order valence-corrected chi connectivity index (χ4v) is 9.11. The van der Waals surface area contributed by atoms with Crippen molar-refractivity contribution in [2.75, 3.05) is 0 Å². The van der Waals surface area contributed by atoms with Gasteiger partial charge in [0.25, 0.3) is 0 Å². The van der Waals surface area contributed by atoms with Crippen molar-refractivity contribution < 1.29 is 0 Å². The van der Waals surface area contributed by atoms with Crippen molar-refractivity contribution in [1.29, 1.82) is 0 Å². The highest BCUT2D eigenvalue weighted by atomic mass is 32.1. The van der Waals surface area contributed by atoms with Crippen molar-refractivity contribution in [2.24, 2.45) is 0 Å². The van der Waals surface area contributed by atoms with Gasteiger partial charge in [0, 0.05) is 53.3 Å². The minimum atomic E-state index is 0.660. The molecule has 8 aromatic carbocycles. The van der Waals surface area contributed by atoms with Crippen molar-refractivity contribution in [1.82, 2.24) is 19.5 Å². The van der Waals surface area contributed by atoms with Gasteiger partial charge in [-0.2, -0.15) is 0 Å². The maximum absolute atomic E-state index is 5.09. The van der Waals surface area contributed by atoms with Gasteiger partial charge in [0.05, 0.1) is 11.0 Å². The molecule has 4 nitrogen and oxygen atoms in total. The summed E-state index contributed by atoms with van der Waals surface area (Å²) < 4.78 is 4.84. The molecule has 54 heavy (non-hydrogen) atoms. The number of hydrogen-bond donors (Lipinski definition) is 0. The third kappa shape index (κ3) is 4.94. The second-order valence-electron chi connectivity index (χ2n) is 13.6. The van der Waals surface area contributed by atoms with Crippen LogP contribution in [0.25, 0.3) is 104 Å². The Morgan fingerprint density at radius 1 is 0.370 bits per heavy atom. The van der Waals surface area contributed by atoms with Crippen LogP contribution in [0.1, 0.15) is 0 Å². The molecule has 0 aliphatic carbocycles. The Kier molecular flexibility index (Phi) is 7.00. The maximum atomic E-state index is 5.09. The van der Waals surface area contributed by atoms with Gasteiger partial charge >= 0.3 is 0 Å². The van der Waals surface area contributed by atoms with Gasteiger partial charge in [-0.25, -0.2) is 15.0 Å². The highest BCUT2D eigenvalue weighted by molar-refractivity contribution is 7.26. The smallest absolute Gasteiger partial charge is 0.164 e. The largest absolute Gasteiger partial charge is 0.309 e. The minimum absolute atomic E-state index is 0.660. The van der Waals surface area contributed by atoms with Crippen LogP contribution in [-0.4, -0.2) is 19.5 Å². The summed E-state index contributed by atoms with van der Waals surface area (Å²) in [7, 11) is 0. The first-order chi connectivity index (χ1) is 26.8. The molecule has 0 aliphatic heterocycles. The highest BCUT2D eigenvalue weighted by Crippen LogP contribution is 2.43. The van der Waals surface area contributed by atoms with E-state index >= 15 is 0 Å². The Morgan fingerprint density at radius 3 is 1.76 bits per heavy atom. The molecule has 5 heteroatoms. The summed E-state index contributed by atoms with van der Waals surface area (Å²) in [5.74, 6) is 1.99. The molecule has 0 radical (unpaired) electrons. The van der Waals surface area contributed by atoms with E-state index in [1.165, 1.54) is 58.5 Å². The average molecular weight is 707 g/mol. The van der Waals surface area contributed by atoms with E-state index in [1.807, 2.05) is 47.7 Å². The van der Waals surface area contributed by atoms with E-state index < -0.39 is 0 Å². The van der Waals surface area contributed by atoms with E-state index in [1.54, 1.807) is 0 Å². The number of rotatable bonds is 5. The van der Waals surface area contributed by atoms with Crippen LogP contribution in [0.3, 0.4) is 0 Å². The van der Waals surface area contributed by atoms with E-state index in [0.29, 0.717) is 17.5 Å². The van der Waals surface area contributed by atoms with Crippen LogP contribution in [0.4, 0.5) is 0 Å². The molecular formula is C49H30N4S. The fourth-order valence-electron chi connectivity index (χ4n) is 7.95. The lowest BCUT2D eigenvalue weighted by atomic mass is 10.0. The lowest BCUT2D eigenvalue weighted by molar-refractivity contribution is 1.08. The molecule has 0 fully saturated rings. The summed E-state index contributed by atoms with van der Waals surface area (Å²) in [6, 6.07) is 64.5. The lowest BCUT2D eigenvalue weighted by Gasteiger charge is -2.10. The number of hydrogen-bond acceptors (Lipinski definition) is 4. The van der Waals surface area contributed by atoms with Gasteiger partial charge in [0.15, 0.2) is 17.5 Å². The Morgan fingerprint density at radius 2 is 1.02 bits per heavy atom. The van der Waals surface area contributed by atoms with E-state index in [0.717, 1.165) is 27.8 Å². The summed E-state index contributed by atoms with van der Waals surface area (Å²) in [6.07, 6.45) is 0. The molecule has 0 atom stereocenters. The van der Waals surface area contributed by atoms with E-state index in [4.69, 9.17) is 15.0 Å². The first kappa shape index (κ1) is 30.7. The third-order valence-electron chi connectivity index (χ3n) is 10.4. The molecule has 0 amide bonds. The molecule has 11 rings (SSSR count). The number of aromatic nitrogens is 4. The number of thiophene rings is 1. The predicted octanol–water partition coefficient (Wildman–Crippen LogP) is 13.2. The predicted molar refractivity (Wildman–Crippen MR) is 226 cm³/mol. The van der Waals surface area contributed by atoms with Crippen LogP contribution in [0.2, 0.25) is 0 Å². The zero-order valence-electron chi connectivity index (χ0n) is 29.0. The quantitative estimate of drug-likeness (QED) is 0.179. The van der Waals surface area contributed by atoms with Gasteiger partial charge in [-0.1, -0.05) is 146 Å². The number of nitrogens with zero attached hydrogens (tertiary/aromatic N) is 4. The van der Waals surface area contributed by atoms with Gasteiger partial charge in [-0.05, 0) is 58.3 Å². The van der Waals surface area contributed by atoms with Crippen molar-refractivity contribution in [2.45, 2.75) is 0 Å². The Bertz CT molecular complexity index is 3140. The van der Waals surface area contributed by atoms with Gasteiger partial charge in [-0.3, -0.25) is 0 Å². The molecule has 0 saturated carbocycles. The second-order valence-corrected chi connectivity index (χ2v) is 14.7. The van der Waals surface area contributed by atoms with Crippen LogP contribution in [0, 0.1) is 0 Å². The van der Waals surface area contributed by atoms with E-state index in [9.17, 15) is 0 Å². The average Bonchev–Trinajstić information content (AvgIpc) is 3.79. The van der Waals surface area contributed by atoms with E-state index in [2.05, 4.69) is 150 Å². The minimum Gasteiger partial charge on any atom is -0.309 e. The van der Waals surface area contributed by atoms with Gasteiger partial charge in [0.2, 0.25) is 0 Å². The first-order valence-corrected chi connectivity index (χ1v) is 18.9. The number of benzene rings is 8. The SMILES string of the molecule is c1ccc(-c2ccc3c(c2)c2c4ccccc4ccc2n3-c2ccc3c(c2)sc2cccc(-c4nc(-c5ccccc5)nc(-c5ccccc5)n4)c23)cc1. The molecule has 0 N–H and O–H groups in total. The zero-order valence-corrected chi connectivity index (χ0v) is 29.8. The van der Waals surface area contributed by atoms with Gasteiger partial charge in [-0.15, -0.1) is 11.3 Å². The Hall–Kier alpha value is -6.95. The molecular weight excluding hydrogens is 677 g/mol. The molecule has 0 saturated heterocycles. The van der Waals surface area contributed by atoms with Crippen molar-refractivity contribution in [3.05, 3.63) is 182 Å². The summed E-state index contributed by atoms with van der Waals surface area (Å²) in [6.45, 7) is 0. The van der Waals surface area contributed by atoms with Gasteiger partial charge in [0.1, 0.15) is 0 Å². The fraction of sp³-hybridized carbons (Fsp3) is 0. The summed E-state index contributed by atoms with van der Waals surface area (Å²) in [4.78, 5) is 15.1. The van der Waals surface area contributed by atoms with Crippen LogP contribution in [0.15, 0.2) is 182 Å². The molecule has 0 spiro atoms.